The summed E-state index contributed by atoms with van der Waals surface area (Å²) in [5.41, 5.74) is -0.267. The molecule has 0 bridgehead atoms. The average molecular weight is 154 g/mol. The van der Waals surface area contributed by atoms with Gasteiger partial charge in [-0.3, -0.25) is 4.79 Å². The van der Waals surface area contributed by atoms with Crippen molar-refractivity contribution in [3.8, 4) is 0 Å². The molecular weight excluding hydrogens is 140 g/mol. The van der Waals surface area contributed by atoms with Crippen LogP contribution in [0.4, 0.5) is 0 Å². The topological polar surface area (TPSA) is 26.3 Å². The first kappa shape index (κ1) is 8.31. The summed E-state index contributed by atoms with van der Waals surface area (Å²) in [5.74, 6) is -0.0689. The van der Waals surface area contributed by atoms with E-state index in [1.807, 2.05) is 6.92 Å². The Morgan fingerprint density at radius 1 is 1.82 bits per heavy atom. The molecule has 0 N–H and O–H groups in total. The van der Waals surface area contributed by atoms with Crippen molar-refractivity contribution in [1.82, 2.24) is 0 Å². The standard InChI is InChI=1S/C9H14O2/c1-3-6-9(2)7-4-5-8(10)11-9/h3H,1,4-7H2,2H3. The summed E-state index contributed by atoms with van der Waals surface area (Å²) in [5, 5.41) is 0. The summed E-state index contributed by atoms with van der Waals surface area (Å²) >= 11 is 0. The third-order valence-electron chi connectivity index (χ3n) is 2.02. The molecule has 0 aromatic rings. The number of carbonyl (C=O) groups is 1. The Labute approximate surface area is 67.2 Å². The molecule has 0 aromatic heterocycles. The van der Waals surface area contributed by atoms with E-state index in [1.54, 1.807) is 6.08 Å². The fraction of sp³-hybridized carbons (Fsp3) is 0.667. The van der Waals surface area contributed by atoms with E-state index in [4.69, 9.17) is 4.74 Å². The van der Waals surface area contributed by atoms with Gasteiger partial charge < -0.3 is 4.74 Å². The van der Waals surface area contributed by atoms with Crippen LogP contribution >= 0.6 is 0 Å². The van der Waals surface area contributed by atoms with Gasteiger partial charge in [0.25, 0.3) is 0 Å². The monoisotopic (exact) mass is 154 g/mol. The number of carbonyl (C=O) groups excluding carboxylic acids is 1. The van der Waals surface area contributed by atoms with Crippen LogP contribution in [-0.2, 0) is 9.53 Å². The zero-order chi connectivity index (χ0) is 8.32. The van der Waals surface area contributed by atoms with Gasteiger partial charge in [0, 0.05) is 12.8 Å². The first-order chi connectivity index (χ1) is 5.16. The van der Waals surface area contributed by atoms with Gasteiger partial charge in [-0.25, -0.2) is 0 Å². The maximum atomic E-state index is 10.9. The van der Waals surface area contributed by atoms with E-state index >= 15 is 0 Å². The molecular formula is C9H14O2. The van der Waals surface area contributed by atoms with E-state index < -0.39 is 0 Å². The SMILES string of the molecule is C=CCC1(C)CCCC(=O)O1. The van der Waals surface area contributed by atoms with E-state index in [9.17, 15) is 4.79 Å². The van der Waals surface area contributed by atoms with E-state index in [-0.39, 0.29) is 11.6 Å². The maximum absolute atomic E-state index is 10.9. The maximum Gasteiger partial charge on any atom is 0.306 e. The molecule has 62 valence electrons. The van der Waals surface area contributed by atoms with E-state index in [0.717, 1.165) is 19.3 Å². The number of ether oxygens (including phenoxy) is 1. The smallest absolute Gasteiger partial charge is 0.306 e. The second kappa shape index (κ2) is 3.07. The van der Waals surface area contributed by atoms with Crippen molar-refractivity contribution in [2.75, 3.05) is 0 Å². The van der Waals surface area contributed by atoms with Gasteiger partial charge in [-0.05, 0) is 19.8 Å². The molecule has 2 heteroatoms. The Morgan fingerprint density at radius 3 is 3.09 bits per heavy atom. The van der Waals surface area contributed by atoms with Gasteiger partial charge in [0.15, 0.2) is 0 Å². The van der Waals surface area contributed by atoms with Crippen LogP contribution in [0, 0.1) is 0 Å². The summed E-state index contributed by atoms with van der Waals surface area (Å²) in [6.07, 6.45) is 5.05. The molecule has 0 saturated carbocycles. The van der Waals surface area contributed by atoms with Crippen molar-refractivity contribution in [3.63, 3.8) is 0 Å². The molecule has 1 saturated heterocycles. The summed E-state index contributed by atoms with van der Waals surface area (Å²) < 4.78 is 5.20. The lowest BCUT2D eigenvalue weighted by atomic mass is 9.92. The van der Waals surface area contributed by atoms with Crippen molar-refractivity contribution in [3.05, 3.63) is 12.7 Å². The quantitative estimate of drug-likeness (QED) is 0.449. The molecule has 1 heterocycles. The van der Waals surface area contributed by atoms with Gasteiger partial charge in [0.2, 0.25) is 0 Å². The zero-order valence-corrected chi connectivity index (χ0v) is 6.93. The fourth-order valence-corrected chi connectivity index (χ4v) is 1.43. The molecule has 0 radical (unpaired) electrons. The molecule has 0 amide bonds. The van der Waals surface area contributed by atoms with Gasteiger partial charge in [-0.1, -0.05) is 6.08 Å². The van der Waals surface area contributed by atoms with Gasteiger partial charge in [0.1, 0.15) is 5.60 Å². The van der Waals surface area contributed by atoms with E-state index in [0.29, 0.717) is 6.42 Å². The molecule has 1 aliphatic rings. The summed E-state index contributed by atoms with van der Waals surface area (Å²) in [6, 6.07) is 0. The van der Waals surface area contributed by atoms with Crippen molar-refractivity contribution in [2.24, 2.45) is 0 Å². The molecule has 11 heavy (non-hydrogen) atoms. The number of esters is 1. The number of hydrogen-bond acceptors (Lipinski definition) is 2. The van der Waals surface area contributed by atoms with Crippen LogP contribution in [-0.4, -0.2) is 11.6 Å². The number of cyclic esters (lactones) is 1. The lowest BCUT2D eigenvalue weighted by Gasteiger charge is -2.32. The van der Waals surface area contributed by atoms with Gasteiger partial charge in [-0.15, -0.1) is 6.58 Å². The minimum atomic E-state index is -0.267. The van der Waals surface area contributed by atoms with Crippen LogP contribution in [0.15, 0.2) is 12.7 Å². The third kappa shape index (κ3) is 2.07. The summed E-state index contributed by atoms with van der Waals surface area (Å²) in [4.78, 5) is 10.9. The van der Waals surface area contributed by atoms with Crippen molar-refractivity contribution >= 4 is 5.97 Å². The Kier molecular flexibility index (Phi) is 2.32. The van der Waals surface area contributed by atoms with Crippen LogP contribution < -0.4 is 0 Å². The predicted octanol–water partition coefficient (Wildman–Crippen LogP) is 2.05. The first-order valence-corrected chi connectivity index (χ1v) is 3.99. The highest BCUT2D eigenvalue weighted by Gasteiger charge is 2.30. The fourth-order valence-electron chi connectivity index (χ4n) is 1.43. The highest BCUT2D eigenvalue weighted by Crippen LogP contribution is 2.28. The minimum absolute atomic E-state index is 0.0689. The third-order valence-corrected chi connectivity index (χ3v) is 2.02. The Hall–Kier alpha value is -0.790. The van der Waals surface area contributed by atoms with Crippen LogP contribution in [0.5, 0.6) is 0 Å². The predicted molar refractivity (Wildman–Crippen MR) is 43.2 cm³/mol. The average Bonchev–Trinajstić information content (AvgIpc) is 1.86. The second-order valence-corrected chi connectivity index (χ2v) is 3.27. The Balaban J connectivity index is 2.54. The van der Waals surface area contributed by atoms with Crippen molar-refractivity contribution < 1.29 is 9.53 Å². The molecule has 1 fully saturated rings. The van der Waals surface area contributed by atoms with E-state index in [2.05, 4.69) is 6.58 Å². The number of rotatable bonds is 2. The summed E-state index contributed by atoms with van der Waals surface area (Å²) in [7, 11) is 0. The van der Waals surface area contributed by atoms with Crippen LogP contribution in [0.1, 0.15) is 32.6 Å². The molecule has 0 spiro atoms. The molecule has 2 nitrogen and oxygen atoms in total. The van der Waals surface area contributed by atoms with E-state index in [1.165, 1.54) is 0 Å². The largest absolute Gasteiger partial charge is 0.459 e. The van der Waals surface area contributed by atoms with Gasteiger partial charge in [-0.2, -0.15) is 0 Å². The van der Waals surface area contributed by atoms with Crippen molar-refractivity contribution in [2.45, 2.75) is 38.2 Å². The highest BCUT2D eigenvalue weighted by atomic mass is 16.6. The summed E-state index contributed by atoms with van der Waals surface area (Å²) in [6.45, 7) is 5.60. The Bertz CT molecular complexity index is 174. The molecule has 1 aliphatic heterocycles. The normalized spacial score (nSPS) is 31.2. The highest BCUT2D eigenvalue weighted by molar-refractivity contribution is 5.70. The molecule has 0 aromatic carbocycles. The van der Waals surface area contributed by atoms with Crippen LogP contribution in [0.2, 0.25) is 0 Å². The Morgan fingerprint density at radius 2 is 2.55 bits per heavy atom. The first-order valence-electron chi connectivity index (χ1n) is 3.99. The minimum Gasteiger partial charge on any atom is -0.459 e. The second-order valence-electron chi connectivity index (χ2n) is 3.27. The van der Waals surface area contributed by atoms with Crippen LogP contribution in [0.3, 0.4) is 0 Å². The zero-order valence-electron chi connectivity index (χ0n) is 6.93. The lowest BCUT2D eigenvalue weighted by Crippen LogP contribution is -2.34. The van der Waals surface area contributed by atoms with Crippen molar-refractivity contribution in [1.29, 1.82) is 0 Å². The number of hydrogen-bond donors (Lipinski definition) is 0. The van der Waals surface area contributed by atoms with Crippen LogP contribution in [0.25, 0.3) is 0 Å². The van der Waals surface area contributed by atoms with Gasteiger partial charge in [0.05, 0.1) is 0 Å². The molecule has 1 rings (SSSR count). The van der Waals surface area contributed by atoms with Gasteiger partial charge >= 0.3 is 5.97 Å². The molecule has 1 atom stereocenters. The lowest BCUT2D eigenvalue weighted by molar-refractivity contribution is -0.164. The molecule has 1 unspecified atom stereocenters. The molecule has 0 aliphatic carbocycles.